The number of amides is 1. The summed E-state index contributed by atoms with van der Waals surface area (Å²) in [7, 11) is 0. The molecule has 2 aliphatic heterocycles. The van der Waals surface area contributed by atoms with Crippen LogP contribution in [0.1, 0.15) is 23.7 Å². The van der Waals surface area contributed by atoms with E-state index in [1.165, 1.54) is 12.1 Å². The highest BCUT2D eigenvalue weighted by Gasteiger charge is 2.23. The molecule has 1 aromatic carbocycles. The first-order chi connectivity index (χ1) is 12.0. The summed E-state index contributed by atoms with van der Waals surface area (Å²) < 4.78 is 21.6. The van der Waals surface area contributed by atoms with Crippen molar-refractivity contribution in [3.05, 3.63) is 22.7 Å². The Kier molecular flexibility index (Phi) is 5.65. The molecule has 1 unspecified atom stereocenters. The summed E-state index contributed by atoms with van der Waals surface area (Å²) in [5.74, 6) is -0.0458. The monoisotopic (exact) mass is 369 g/mol. The minimum atomic E-state index is -0.632. The molecule has 0 N–H and O–H groups in total. The minimum Gasteiger partial charge on any atom is -0.489 e. The molecule has 2 aliphatic rings. The van der Waals surface area contributed by atoms with E-state index in [9.17, 15) is 9.59 Å². The summed E-state index contributed by atoms with van der Waals surface area (Å²) in [5, 5.41) is 0.277. The number of fused-ring (bicyclic) bond motifs is 1. The third-order valence-electron chi connectivity index (χ3n) is 3.96. The van der Waals surface area contributed by atoms with Gasteiger partial charge in [0.1, 0.15) is 0 Å². The van der Waals surface area contributed by atoms with Crippen molar-refractivity contribution >= 4 is 23.5 Å². The maximum atomic E-state index is 12.2. The highest BCUT2D eigenvalue weighted by Crippen LogP contribution is 2.38. The van der Waals surface area contributed by atoms with Crippen molar-refractivity contribution in [2.24, 2.45) is 0 Å². The van der Waals surface area contributed by atoms with Crippen molar-refractivity contribution in [3.63, 3.8) is 0 Å². The lowest BCUT2D eigenvalue weighted by atomic mass is 10.2. The van der Waals surface area contributed by atoms with E-state index < -0.39 is 5.97 Å². The van der Waals surface area contributed by atoms with Crippen molar-refractivity contribution in [2.45, 2.75) is 19.4 Å². The van der Waals surface area contributed by atoms with Gasteiger partial charge in [-0.2, -0.15) is 0 Å². The summed E-state index contributed by atoms with van der Waals surface area (Å²) in [4.78, 5) is 26.0. The fraction of sp³-hybridized carbons (Fsp3) is 0.529. The molecule has 1 aromatic rings. The molecule has 0 aliphatic carbocycles. The summed E-state index contributed by atoms with van der Waals surface area (Å²) in [5.41, 5.74) is 0.220. The number of nitrogens with zero attached hydrogens (tertiary/aromatic N) is 1. The zero-order chi connectivity index (χ0) is 17.8. The summed E-state index contributed by atoms with van der Waals surface area (Å²) >= 11 is 6.16. The average molecular weight is 370 g/mol. The molecule has 1 amide bonds. The molecule has 0 saturated carbocycles. The standard InChI is InChI=1S/C17H20ClNO6/c1-11-9-19(3-6-22-11)15(20)10-25-17(21)12-7-13(18)16-14(8-12)23-4-2-5-24-16/h7-8,11H,2-6,9-10H2,1H3. The van der Waals surface area contributed by atoms with Gasteiger partial charge in [-0.1, -0.05) is 11.6 Å². The lowest BCUT2D eigenvalue weighted by Crippen LogP contribution is -2.46. The Balaban J connectivity index is 1.62. The van der Waals surface area contributed by atoms with Gasteiger partial charge in [0.15, 0.2) is 18.1 Å². The van der Waals surface area contributed by atoms with E-state index in [0.29, 0.717) is 44.4 Å². The van der Waals surface area contributed by atoms with Crippen molar-refractivity contribution in [1.82, 2.24) is 4.90 Å². The molecule has 1 saturated heterocycles. The third-order valence-corrected chi connectivity index (χ3v) is 4.24. The number of ether oxygens (including phenoxy) is 4. The van der Waals surface area contributed by atoms with Crippen LogP contribution in [0.5, 0.6) is 11.5 Å². The number of hydrogen-bond acceptors (Lipinski definition) is 6. The Morgan fingerprint density at radius 2 is 2.08 bits per heavy atom. The fourth-order valence-electron chi connectivity index (χ4n) is 2.70. The van der Waals surface area contributed by atoms with Crippen molar-refractivity contribution in [2.75, 3.05) is 39.5 Å². The number of rotatable bonds is 3. The zero-order valence-corrected chi connectivity index (χ0v) is 14.7. The first kappa shape index (κ1) is 17.8. The Morgan fingerprint density at radius 3 is 2.88 bits per heavy atom. The second-order valence-electron chi connectivity index (χ2n) is 5.93. The van der Waals surface area contributed by atoms with Crippen LogP contribution in [0.25, 0.3) is 0 Å². The van der Waals surface area contributed by atoms with Gasteiger partial charge in [-0.3, -0.25) is 4.79 Å². The van der Waals surface area contributed by atoms with Crippen LogP contribution in [0.4, 0.5) is 0 Å². The number of morpholine rings is 1. The maximum Gasteiger partial charge on any atom is 0.338 e. The molecule has 1 atom stereocenters. The Bertz CT molecular complexity index is 665. The average Bonchev–Trinajstić information content (AvgIpc) is 2.85. The molecule has 2 heterocycles. The van der Waals surface area contributed by atoms with Crippen molar-refractivity contribution < 1.29 is 28.5 Å². The van der Waals surface area contributed by atoms with Crippen molar-refractivity contribution in [3.8, 4) is 11.5 Å². The SMILES string of the molecule is CC1CN(C(=O)COC(=O)c2cc(Cl)c3c(c2)OCCCO3)CCO1. The molecule has 0 radical (unpaired) electrons. The quantitative estimate of drug-likeness (QED) is 0.758. The molecule has 136 valence electrons. The maximum absolute atomic E-state index is 12.2. The van der Waals surface area contributed by atoms with Crippen LogP contribution < -0.4 is 9.47 Å². The van der Waals surface area contributed by atoms with E-state index in [-0.39, 0.29) is 29.2 Å². The van der Waals surface area contributed by atoms with Gasteiger partial charge >= 0.3 is 5.97 Å². The van der Waals surface area contributed by atoms with E-state index in [4.69, 9.17) is 30.5 Å². The van der Waals surface area contributed by atoms with E-state index in [2.05, 4.69) is 0 Å². The van der Waals surface area contributed by atoms with Gasteiger partial charge in [0.2, 0.25) is 0 Å². The Labute approximate surface area is 150 Å². The summed E-state index contributed by atoms with van der Waals surface area (Å²) in [6.45, 7) is 4.03. The lowest BCUT2D eigenvalue weighted by molar-refractivity contribution is -0.141. The normalized spacial score (nSPS) is 19.9. The van der Waals surface area contributed by atoms with Gasteiger partial charge in [-0.15, -0.1) is 0 Å². The predicted molar refractivity (Wildman–Crippen MR) is 89.3 cm³/mol. The molecule has 3 rings (SSSR count). The number of hydrogen-bond donors (Lipinski definition) is 0. The van der Waals surface area contributed by atoms with Crippen LogP contribution in [0.3, 0.4) is 0 Å². The van der Waals surface area contributed by atoms with Crippen LogP contribution in [-0.4, -0.2) is 62.4 Å². The highest BCUT2D eigenvalue weighted by atomic mass is 35.5. The molecule has 0 aromatic heterocycles. The second kappa shape index (κ2) is 7.93. The van der Waals surface area contributed by atoms with Crippen LogP contribution >= 0.6 is 11.6 Å². The lowest BCUT2D eigenvalue weighted by Gasteiger charge is -2.30. The van der Waals surface area contributed by atoms with E-state index in [0.717, 1.165) is 6.42 Å². The fourth-order valence-corrected chi connectivity index (χ4v) is 2.96. The molecule has 0 bridgehead atoms. The number of carbonyl (C=O) groups excluding carboxylic acids is 2. The second-order valence-corrected chi connectivity index (χ2v) is 6.34. The zero-order valence-electron chi connectivity index (χ0n) is 14.0. The molecule has 1 fully saturated rings. The van der Waals surface area contributed by atoms with Crippen LogP contribution in [-0.2, 0) is 14.3 Å². The molecular formula is C17H20ClNO6. The van der Waals surface area contributed by atoms with Gasteiger partial charge < -0.3 is 23.8 Å². The highest BCUT2D eigenvalue weighted by molar-refractivity contribution is 6.32. The van der Waals surface area contributed by atoms with Gasteiger partial charge in [0, 0.05) is 19.5 Å². The van der Waals surface area contributed by atoms with E-state index in [1.54, 1.807) is 4.90 Å². The molecular weight excluding hydrogens is 350 g/mol. The molecule has 25 heavy (non-hydrogen) atoms. The van der Waals surface area contributed by atoms with Crippen LogP contribution in [0.15, 0.2) is 12.1 Å². The topological polar surface area (TPSA) is 74.3 Å². The third kappa shape index (κ3) is 4.35. The first-order valence-corrected chi connectivity index (χ1v) is 8.58. The van der Waals surface area contributed by atoms with E-state index >= 15 is 0 Å². The Hall–Kier alpha value is -1.99. The Morgan fingerprint density at radius 1 is 1.28 bits per heavy atom. The predicted octanol–water partition coefficient (Wildman–Crippen LogP) is 1.91. The van der Waals surface area contributed by atoms with Gasteiger partial charge in [-0.25, -0.2) is 4.79 Å². The smallest absolute Gasteiger partial charge is 0.338 e. The van der Waals surface area contributed by atoms with Crippen LogP contribution in [0.2, 0.25) is 5.02 Å². The number of carbonyl (C=O) groups is 2. The first-order valence-electron chi connectivity index (χ1n) is 8.20. The number of esters is 1. The van der Waals surface area contributed by atoms with E-state index in [1.807, 2.05) is 6.92 Å². The van der Waals surface area contributed by atoms with Crippen LogP contribution in [0, 0.1) is 0 Å². The minimum absolute atomic E-state index is 0.0195. The summed E-state index contributed by atoms with van der Waals surface area (Å²) in [6, 6.07) is 2.98. The molecule has 8 heteroatoms. The molecule has 7 nitrogen and oxygen atoms in total. The largest absolute Gasteiger partial charge is 0.489 e. The van der Waals surface area contributed by atoms with Gasteiger partial charge in [0.05, 0.1) is 36.5 Å². The number of benzene rings is 1. The van der Waals surface area contributed by atoms with Gasteiger partial charge in [0.25, 0.3) is 5.91 Å². The number of halogens is 1. The summed E-state index contributed by atoms with van der Waals surface area (Å²) in [6.07, 6.45) is 0.714. The molecule has 0 spiro atoms. The van der Waals surface area contributed by atoms with Crippen molar-refractivity contribution in [1.29, 1.82) is 0 Å². The van der Waals surface area contributed by atoms with Gasteiger partial charge in [-0.05, 0) is 19.1 Å².